The smallest absolute Gasteiger partial charge is 0.0586 e. The molecule has 0 amide bonds. The summed E-state index contributed by atoms with van der Waals surface area (Å²) < 4.78 is 5.60. The van der Waals surface area contributed by atoms with Gasteiger partial charge in [0.15, 0.2) is 0 Å². The molecule has 0 bridgehead atoms. The van der Waals surface area contributed by atoms with E-state index in [2.05, 4.69) is 31.0 Å². The molecule has 0 aromatic carbocycles. The Hall–Kier alpha value is -0.120. The van der Waals surface area contributed by atoms with E-state index in [0.717, 1.165) is 18.5 Å². The molecule has 2 rings (SSSR count). The molecule has 3 nitrogen and oxygen atoms in total. The first-order valence-corrected chi connectivity index (χ1v) is 8.12. The monoisotopic (exact) mass is 268 g/mol. The highest BCUT2D eigenvalue weighted by atomic mass is 16.5. The van der Waals surface area contributed by atoms with Crippen LogP contribution in [0.15, 0.2) is 0 Å². The molecule has 0 spiro atoms. The van der Waals surface area contributed by atoms with Crippen LogP contribution in [0.25, 0.3) is 0 Å². The lowest BCUT2D eigenvalue weighted by Crippen LogP contribution is -2.59. The van der Waals surface area contributed by atoms with Crippen molar-refractivity contribution in [2.75, 3.05) is 20.2 Å². The number of piperazine rings is 1. The first-order valence-electron chi connectivity index (χ1n) is 8.12. The summed E-state index contributed by atoms with van der Waals surface area (Å²) in [4.78, 5) is 2.76. The van der Waals surface area contributed by atoms with Crippen LogP contribution in [-0.2, 0) is 4.74 Å². The number of methoxy groups -OCH3 is 1. The molecule has 0 aromatic heterocycles. The van der Waals surface area contributed by atoms with Crippen molar-refractivity contribution in [3.05, 3.63) is 0 Å². The number of nitrogens with zero attached hydrogens (tertiary/aromatic N) is 1. The molecule has 2 aliphatic rings. The van der Waals surface area contributed by atoms with E-state index in [0.29, 0.717) is 18.2 Å². The van der Waals surface area contributed by atoms with Crippen LogP contribution in [-0.4, -0.2) is 49.3 Å². The number of hydrogen-bond acceptors (Lipinski definition) is 3. The van der Waals surface area contributed by atoms with Gasteiger partial charge in [-0.2, -0.15) is 0 Å². The predicted molar refractivity (Wildman–Crippen MR) is 80.5 cm³/mol. The summed E-state index contributed by atoms with van der Waals surface area (Å²) in [6.45, 7) is 9.39. The number of hydrogen-bond donors (Lipinski definition) is 1. The highest BCUT2D eigenvalue weighted by Crippen LogP contribution is 2.28. The van der Waals surface area contributed by atoms with Gasteiger partial charge in [-0.05, 0) is 44.9 Å². The molecule has 1 saturated carbocycles. The molecule has 1 aliphatic heterocycles. The van der Waals surface area contributed by atoms with E-state index >= 15 is 0 Å². The molecule has 0 aromatic rings. The Labute approximate surface area is 119 Å². The molecular formula is C16H32N2O. The van der Waals surface area contributed by atoms with Crippen LogP contribution in [0.2, 0.25) is 0 Å². The zero-order valence-electron chi connectivity index (χ0n) is 13.2. The highest BCUT2D eigenvalue weighted by Gasteiger charge is 2.33. The van der Waals surface area contributed by atoms with Crippen molar-refractivity contribution in [1.29, 1.82) is 0 Å². The van der Waals surface area contributed by atoms with Crippen LogP contribution in [0.4, 0.5) is 0 Å². The lowest BCUT2D eigenvalue weighted by atomic mass is 9.89. The van der Waals surface area contributed by atoms with Crippen molar-refractivity contribution in [3.63, 3.8) is 0 Å². The van der Waals surface area contributed by atoms with Crippen LogP contribution in [0.3, 0.4) is 0 Å². The summed E-state index contributed by atoms with van der Waals surface area (Å²) >= 11 is 0. The molecule has 4 unspecified atom stereocenters. The van der Waals surface area contributed by atoms with Crippen LogP contribution in [0, 0.1) is 5.92 Å². The Balaban J connectivity index is 1.92. The molecule has 1 heterocycles. The normalized spacial score (nSPS) is 37.7. The van der Waals surface area contributed by atoms with Gasteiger partial charge in [0.1, 0.15) is 0 Å². The van der Waals surface area contributed by atoms with Crippen LogP contribution >= 0.6 is 0 Å². The Morgan fingerprint density at radius 2 is 2.11 bits per heavy atom. The minimum absolute atomic E-state index is 0.490. The minimum atomic E-state index is 0.490. The van der Waals surface area contributed by atoms with Crippen molar-refractivity contribution >= 4 is 0 Å². The van der Waals surface area contributed by atoms with Crippen LogP contribution in [0.5, 0.6) is 0 Å². The maximum Gasteiger partial charge on any atom is 0.0586 e. The number of rotatable bonds is 4. The molecule has 0 radical (unpaired) electrons. The van der Waals surface area contributed by atoms with Gasteiger partial charge >= 0.3 is 0 Å². The maximum atomic E-state index is 5.60. The van der Waals surface area contributed by atoms with E-state index in [1.165, 1.54) is 38.6 Å². The van der Waals surface area contributed by atoms with E-state index in [1.807, 2.05) is 7.11 Å². The lowest BCUT2D eigenvalue weighted by molar-refractivity contribution is 0.00218. The fourth-order valence-corrected chi connectivity index (χ4v) is 3.82. The van der Waals surface area contributed by atoms with Gasteiger partial charge in [-0.3, -0.25) is 4.90 Å². The van der Waals surface area contributed by atoms with Gasteiger partial charge in [-0.15, -0.1) is 0 Å². The van der Waals surface area contributed by atoms with Gasteiger partial charge < -0.3 is 10.1 Å². The van der Waals surface area contributed by atoms with Gasteiger partial charge in [0, 0.05) is 38.3 Å². The van der Waals surface area contributed by atoms with E-state index in [4.69, 9.17) is 4.74 Å². The summed E-state index contributed by atoms with van der Waals surface area (Å²) in [7, 11) is 1.87. The second kappa shape index (κ2) is 7.05. The molecule has 19 heavy (non-hydrogen) atoms. The zero-order chi connectivity index (χ0) is 13.8. The summed E-state index contributed by atoms with van der Waals surface area (Å²) in [5, 5.41) is 3.72. The highest BCUT2D eigenvalue weighted by molar-refractivity contribution is 4.91. The molecule has 2 fully saturated rings. The molecule has 3 heteroatoms. The van der Waals surface area contributed by atoms with Gasteiger partial charge in [0.05, 0.1) is 6.10 Å². The van der Waals surface area contributed by atoms with E-state index in [9.17, 15) is 0 Å². The van der Waals surface area contributed by atoms with Crippen molar-refractivity contribution in [2.24, 2.45) is 5.92 Å². The largest absolute Gasteiger partial charge is 0.381 e. The van der Waals surface area contributed by atoms with Crippen molar-refractivity contribution in [1.82, 2.24) is 10.2 Å². The third kappa shape index (κ3) is 4.17. The number of nitrogens with one attached hydrogen (secondary N) is 1. The van der Waals surface area contributed by atoms with Crippen molar-refractivity contribution in [3.8, 4) is 0 Å². The standard InChI is InChI=1S/C16H32N2O/c1-12(2)8-14-11-18(13(3)10-17-14)15-6-5-7-16(9-15)19-4/h12-17H,5-11H2,1-4H3. The second-order valence-electron chi connectivity index (χ2n) is 6.96. The zero-order valence-corrected chi connectivity index (χ0v) is 13.2. The average Bonchev–Trinajstić information content (AvgIpc) is 2.40. The van der Waals surface area contributed by atoms with Gasteiger partial charge in [-0.1, -0.05) is 13.8 Å². The SMILES string of the molecule is COC1CCCC(N2CC(CC(C)C)NCC2C)C1. The summed E-state index contributed by atoms with van der Waals surface area (Å²) in [5.74, 6) is 0.783. The first kappa shape index (κ1) is 15.3. The minimum Gasteiger partial charge on any atom is -0.381 e. The van der Waals surface area contributed by atoms with Gasteiger partial charge in [-0.25, -0.2) is 0 Å². The summed E-state index contributed by atoms with van der Waals surface area (Å²) in [6.07, 6.45) is 6.96. The van der Waals surface area contributed by atoms with E-state index in [1.54, 1.807) is 0 Å². The number of ether oxygens (including phenoxy) is 1. The molecule has 1 N–H and O–H groups in total. The first-order chi connectivity index (χ1) is 9.10. The van der Waals surface area contributed by atoms with Crippen molar-refractivity contribution in [2.45, 2.75) is 77.1 Å². The fraction of sp³-hybridized carbons (Fsp3) is 1.00. The summed E-state index contributed by atoms with van der Waals surface area (Å²) in [6, 6.07) is 2.09. The summed E-state index contributed by atoms with van der Waals surface area (Å²) in [5.41, 5.74) is 0. The third-order valence-electron chi connectivity index (χ3n) is 4.86. The average molecular weight is 268 g/mol. The Morgan fingerprint density at radius 3 is 2.79 bits per heavy atom. The van der Waals surface area contributed by atoms with E-state index < -0.39 is 0 Å². The van der Waals surface area contributed by atoms with Gasteiger partial charge in [0.2, 0.25) is 0 Å². The quantitative estimate of drug-likeness (QED) is 0.848. The maximum absolute atomic E-state index is 5.60. The lowest BCUT2D eigenvalue weighted by Gasteiger charge is -2.46. The Bertz CT molecular complexity index is 269. The van der Waals surface area contributed by atoms with Crippen molar-refractivity contribution < 1.29 is 4.74 Å². The third-order valence-corrected chi connectivity index (χ3v) is 4.86. The molecule has 1 aliphatic carbocycles. The van der Waals surface area contributed by atoms with Gasteiger partial charge in [0.25, 0.3) is 0 Å². The molecule has 4 atom stereocenters. The Kier molecular flexibility index (Phi) is 5.67. The fourth-order valence-electron chi connectivity index (χ4n) is 3.82. The Morgan fingerprint density at radius 1 is 1.32 bits per heavy atom. The van der Waals surface area contributed by atoms with Crippen LogP contribution in [0.1, 0.15) is 52.9 Å². The molecule has 1 saturated heterocycles. The topological polar surface area (TPSA) is 24.5 Å². The van der Waals surface area contributed by atoms with E-state index in [-0.39, 0.29) is 0 Å². The molecule has 112 valence electrons. The molecular weight excluding hydrogens is 236 g/mol. The predicted octanol–water partition coefficient (Wildman–Crippen LogP) is 2.65. The second-order valence-corrected chi connectivity index (χ2v) is 6.96. The van der Waals surface area contributed by atoms with Crippen LogP contribution < -0.4 is 5.32 Å².